The van der Waals surface area contributed by atoms with Crippen molar-refractivity contribution in [2.45, 2.75) is 51.2 Å². The molecule has 39 heavy (non-hydrogen) atoms. The second-order valence-corrected chi connectivity index (χ2v) is 10.0. The van der Waals surface area contributed by atoms with E-state index in [1.807, 2.05) is 56.3 Å². The van der Waals surface area contributed by atoms with Crippen LogP contribution in [0.2, 0.25) is 0 Å². The molecule has 10 nitrogen and oxygen atoms in total. The maximum absolute atomic E-state index is 13.3. The van der Waals surface area contributed by atoms with Gasteiger partial charge in [-0.2, -0.15) is 0 Å². The molecular formula is C29H37N7O3. The molecule has 0 unspecified atom stereocenters. The Hall–Kier alpha value is -4.44. The first-order valence-corrected chi connectivity index (χ1v) is 12.8. The van der Waals surface area contributed by atoms with Crippen LogP contribution in [0.25, 0.3) is 10.8 Å². The molecule has 0 aliphatic carbocycles. The zero-order valence-corrected chi connectivity index (χ0v) is 22.3. The van der Waals surface area contributed by atoms with E-state index in [1.165, 1.54) is 0 Å². The Balaban J connectivity index is 1.68. The number of fused-ring (bicyclic) bond motifs is 1. The number of hydrogen-bond acceptors (Lipinski definition) is 5. The molecular weight excluding hydrogens is 494 g/mol. The van der Waals surface area contributed by atoms with Crippen molar-refractivity contribution in [1.29, 1.82) is 0 Å². The summed E-state index contributed by atoms with van der Waals surface area (Å²) in [5, 5.41) is 7.51. The van der Waals surface area contributed by atoms with Crippen molar-refractivity contribution in [2.75, 3.05) is 0 Å². The smallest absolute Gasteiger partial charge is 0.243 e. The van der Waals surface area contributed by atoms with E-state index in [9.17, 15) is 14.4 Å². The molecule has 0 aliphatic heterocycles. The van der Waals surface area contributed by atoms with Gasteiger partial charge in [-0.25, -0.2) is 4.99 Å². The van der Waals surface area contributed by atoms with Crippen LogP contribution in [0, 0.1) is 5.92 Å². The zero-order valence-electron chi connectivity index (χ0n) is 22.3. The molecule has 0 radical (unpaired) electrons. The number of nitrogens with zero attached hydrogens (tertiary/aromatic N) is 1. The van der Waals surface area contributed by atoms with Crippen molar-refractivity contribution < 1.29 is 14.4 Å². The van der Waals surface area contributed by atoms with E-state index in [0.29, 0.717) is 12.1 Å². The molecule has 0 aromatic heterocycles. The highest BCUT2D eigenvalue weighted by Crippen LogP contribution is 2.20. The summed E-state index contributed by atoms with van der Waals surface area (Å²) in [4.78, 5) is 42.5. The largest absolute Gasteiger partial charge is 0.370 e. The number of aliphatic imine (C=N–C) groups is 1. The molecule has 10 N–H and O–H groups in total. The van der Waals surface area contributed by atoms with Gasteiger partial charge in [-0.05, 0) is 52.8 Å². The summed E-state index contributed by atoms with van der Waals surface area (Å²) in [5.74, 6) is -1.59. The van der Waals surface area contributed by atoms with E-state index < -0.39 is 35.8 Å². The molecule has 0 bridgehead atoms. The summed E-state index contributed by atoms with van der Waals surface area (Å²) < 4.78 is 0. The van der Waals surface area contributed by atoms with E-state index in [2.05, 4.69) is 15.6 Å². The van der Waals surface area contributed by atoms with Gasteiger partial charge in [0.2, 0.25) is 17.7 Å². The Morgan fingerprint density at radius 3 is 2.08 bits per heavy atom. The molecule has 10 heteroatoms. The highest BCUT2D eigenvalue weighted by Gasteiger charge is 2.28. The predicted molar refractivity (Wildman–Crippen MR) is 154 cm³/mol. The van der Waals surface area contributed by atoms with Crippen LogP contribution >= 0.6 is 0 Å². The molecule has 3 aromatic rings. The van der Waals surface area contributed by atoms with E-state index in [0.717, 1.165) is 21.9 Å². The second kappa shape index (κ2) is 13.4. The number of hydrogen-bond donors (Lipinski definition) is 6. The molecule has 0 spiro atoms. The average molecular weight is 532 g/mol. The average Bonchev–Trinajstić information content (AvgIpc) is 2.88. The fourth-order valence-corrected chi connectivity index (χ4v) is 4.37. The van der Waals surface area contributed by atoms with Crippen LogP contribution in [0.3, 0.4) is 0 Å². The molecule has 206 valence electrons. The second-order valence-electron chi connectivity index (χ2n) is 10.0. The lowest BCUT2D eigenvalue weighted by Gasteiger charge is -2.25. The number of nitrogens with two attached hydrogens (primary N) is 4. The zero-order chi connectivity index (χ0) is 28.5. The maximum Gasteiger partial charge on any atom is 0.243 e. The first-order valence-electron chi connectivity index (χ1n) is 12.8. The molecule has 0 saturated carbocycles. The number of primary amides is 1. The summed E-state index contributed by atoms with van der Waals surface area (Å²) in [6.45, 7) is 3.87. The molecule has 0 saturated heterocycles. The van der Waals surface area contributed by atoms with Crippen LogP contribution in [0.5, 0.6) is 0 Å². The molecule has 0 fully saturated rings. The topological polar surface area (TPSA) is 192 Å². The quantitative estimate of drug-likeness (QED) is 0.151. The van der Waals surface area contributed by atoms with Crippen molar-refractivity contribution in [3.63, 3.8) is 0 Å². The van der Waals surface area contributed by atoms with Crippen LogP contribution in [0.4, 0.5) is 5.69 Å². The molecule has 3 rings (SSSR count). The fraction of sp³-hybridized carbons (Fsp3) is 0.310. The predicted octanol–water partition coefficient (Wildman–Crippen LogP) is 1.36. The molecule has 0 aliphatic rings. The minimum atomic E-state index is -0.952. The van der Waals surface area contributed by atoms with Crippen molar-refractivity contribution in [1.82, 2.24) is 10.6 Å². The number of carbonyl (C=O) groups excluding carboxylic acids is 3. The summed E-state index contributed by atoms with van der Waals surface area (Å²) in [6, 6.07) is 17.8. The lowest BCUT2D eigenvalue weighted by atomic mass is 9.97. The molecule has 0 heterocycles. The number of rotatable bonds is 12. The Bertz CT molecular complexity index is 1330. The third-order valence-electron chi connectivity index (χ3n) is 6.29. The molecule has 3 amide bonds. The van der Waals surface area contributed by atoms with E-state index >= 15 is 0 Å². The summed E-state index contributed by atoms with van der Waals surface area (Å²) >= 11 is 0. The maximum atomic E-state index is 13.3. The lowest BCUT2D eigenvalue weighted by Crippen LogP contribution is -2.56. The summed E-state index contributed by atoms with van der Waals surface area (Å²) in [5.41, 5.74) is 24.9. The van der Waals surface area contributed by atoms with Gasteiger partial charge in [-0.15, -0.1) is 0 Å². The van der Waals surface area contributed by atoms with Crippen molar-refractivity contribution >= 4 is 40.1 Å². The van der Waals surface area contributed by atoms with Gasteiger partial charge in [0.05, 0.1) is 11.7 Å². The van der Waals surface area contributed by atoms with Gasteiger partial charge in [0.1, 0.15) is 12.1 Å². The number of carbonyl (C=O) groups is 3. The van der Waals surface area contributed by atoms with Crippen LogP contribution < -0.4 is 33.6 Å². The Morgan fingerprint density at radius 1 is 0.795 bits per heavy atom. The molecule has 3 atom stereocenters. The van der Waals surface area contributed by atoms with Gasteiger partial charge < -0.3 is 33.6 Å². The number of nitrogens with one attached hydrogen (secondary N) is 2. The van der Waals surface area contributed by atoms with Gasteiger partial charge >= 0.3 is 0 Å². The van der Waals surface area contributed by atoms with Gasteiger partial charge in [0, 0.05) is 6.42 Å². The van der Waals surface area contributed by atoms with Crippen LogP contribution in [-0.2, 0) is 27.2 Å². The Kier molecular flexibility index (Phi) is 9.99. The van der Waals surface area contributed by atoms with Crippen LogP contribution in [0.1, 0.15) is 31.4 Å². The Morgan fingerprint density at radius 2 is 1.44 bits per heavy atom. The number of guanidine groups is 1. The summed E-state index contributed by atoms with van der Waals surface area (Å²) in [6.07, 6.45) is 0.826. The highest BCUT2D eigenvalue weighted by molar-refractivity contribution is 5.93. The van der Waals surface area contributed by atoms with Gasteiger partial charge in [-0.1, -0.05) is 68.4 Å². The van der Waals surface area contributed by atoms with Crippen molar-refractivity contribution in [3.05, 3.63) is 77.9 Å². The fourth-order valence-electron chi connectivity index (χ4n) is 4.37. The third-order valence-corrected chi connectivity index (χ3v) is 6.29. The third kappa shape index (κ3) is 8.54. The Labute approximate surface area is 228 Å². The first-order chi connectivity index (χ1) is 18.5. The van der Waals surface area contributed by atoms with E-state index in [1.54, 1.807) is 24.3 Å². The van der Waals surface area contributed by atoms with Crippen LogP contribution in [-0.4, -0.2) is 41.8 Å². The summed E-state index contributed by atoms with van der Waals surface area (Å²) in [7, 11) is 0. The van der Waals surface area contributed by atoms with Crippen molar-refractivity contribution in [2.24, 2.45) is 33.8 Å². The normalized spacial score (nSPS) is 13.3. The number of benzene rings is 3. The van der Waals surface area contributed by atoms with E-state index in [4.69, 9.17) is 22.9 Å². The standard InChI is InChI=1S/C29H37N7O3/c1-17(2)14-25(36-27(38)23(30)15-18-10-12-21(13-11-18)34-29(32)33)28(39)35-24(26(31)37)16-20-8-5-7-19-6-3-4-9-22(19)20/h3-13,17,23-25H,14-16,30H2,1-2H3,(H2,31,37)(H,35,39)(H,36,38)(H4,32,33,34)/t23-,24-,25-/m0/s1. The molecule has 3 aromatic carbocycles. The van der Waals surface area contributed by atoms with Gasteiger partial charge in [0.25, 0.3) is 0 Å². The highest BCUT2D eigenvalue weighted by atomic mass is 16.2. The van der Waals surface area contributed by atoms with Crippen LogP contribution in [0.15, 0.2) is 71.7 Å². The van der Waals surface area contributed by atoms with E-state index in [-0.39, 0.29) is 24.7 Å². The minimum absolute atomic E-state index is 0.0519. The SMILES string of the molecule is CC(C)C[C@H](NC(=O)[C@@H](N)Cc1ccc(N=C(N)N)cc1)C(=O)N[C@@H](Cc1cccc2ccccc12)C(N)=O. The monoisotopic (exact) mass is 531 g/mol. The number of amides is 3. The van der Waals surface area contributed by atoms with Gasteiger partial charge in [0.15, 0.2) is 5.96 Å². The lowest BCUT2D eigenvalue weighted by molar-refractivity contribution is -0.132. The van der Waals surface area contributed by atoms with Gasteiger partial charge in [-0.3, -0.25) is 14.4 Å². The minimum Gasteiger partial charge on any atom is -0.370 e. The van der Waals surface area contributed by atoms with Crippen molar-refractivity contribution in [3.8, 4) is 0 Å². The first kappa shape index (κ1) is 29.1.